The summed E-state index contributed by atoms with van der Waals surface area (Å²) in [6.07, 6.45) is 2.54. The van der Waals surface area contributed by atoms with E-state index in [1.165, 1.54) is 19.4 Å². The lowest BCUT2D eigenvalue weighted by molar-refractivity contribution is 0.466. The lowest BCUT2D eigenvalue weighted by atomic mass is 10.1. The molecule has 0 atom stereocenters. The van der Waals surface area contributed by atoms with Gasteiger partial charge in [0, 0.05) is 32.1 Å². The number of benzene rings is 1. The number of rotatable bonds is 4. The first kappa shape index (κ1) is 15.0. The van der Waals surface area contributed by atoms with Gasteiger partial charge in [-0.15, -0.1) is 0 Å². The van der Waals surface area contributed by atoms with Crippen LogP contribution in [0.2, 0.25) is 0 Å². The second-order valence-corrected chi connectivity index (χ2v) is 6.46. The Bertz CT molecular complexity index is 850. The fourth-order valence-corrected chi connectivity index (χ4v) is 3.05. The number of nitriles is 1. The standard InChI is InChI=1S/C14H13N3O3S/c1-17(10-12-4-2-3-11(7-12)8-15)21(19,20)14-9-16-6-5-13(14)18/h2-7,9H,10H2,1H3,(H,16,18). The maximum atomic E-state index is 12.4. The molecule has 2 aromatic rings. The maximum Gasteiger partial charge on any atom is 0.248 e. The predicted octanol–water partition coefficient (Wildman–Crippen LogP) is 1.07. The molecule has 2 rings (SSSR count). The van der Waals surface area contributed by atoms with Gasteiger partial charge in [-0.25, -0.2) is 8.42 Å². The van der Waals surface area contributed by atoms with Gasteiger partial charge in [-0.2, -0.15) is 9.57 Å². The first-order valence-corrected chi connectivity index (χ1v) is 7.51. The minimum atomic E-state index is -3.88. The highest BCUT2D eigenvalue weighted by Gasteiger charge is 2.23. The van der Waals surface area contributed by atoms with E-state index in [-0.39, 0.29) is 11.4 Å². The Labute approximate surface area is 122 Å². The SMILES string of the molecule is CN(Cc1cccc(C#N)c1)S(=O)(=O)c1c[nH]ccc1=O. The monoisotopic (exact) mass is 303 g/mol. The van der Waals surface area contributed by atoms with Crippen LogP contribution in [-0.4, -0.2) is 24.8 Å². The van der Waals surface area contributed by atoms with Crippen LogP contribution >= 0.6 is 0 Å². The number of nitrogens with one attached hydrogen (secondary N) is 1. The van der Waals surface area contributed by atoms with Crippen LogP contribution in [0.25, 0.3) is 0 Å². The van der Waals surface area contributed by atoms with E-state index in [1.807, 2.05) is 6.07 Å². The Morgan fingerprint density at radius 2 is 2.10 bits per heavy atom. The molecule has 0 bridgehead atoms. The zero-order chi connectivity index (χ0) is 15.5. The van der Waals surface area contributed by atoms with E-state index in [4.69, 9.17) is 5.26 Å². The van der Waals surface area contributed by atoms with Crippen LogP contribution in [0.5, 0.6) is 0 Å². The molecule has 1 N–H and O–H groups in total. The lowest BCUT2D eigenvalue weighted by Gasteiger charge is -2.16. The summed E-state index contributed by atoms with van der Waals surface area (Å²) in [5.41, 5.74) is 0.565. The molecular formula is C14H13N3O3S. The van der Waals surface area contributed by atoms with Crippen LogP contribution in [0.15, 0.2) is 52.4 Å². The molecule has 6 nitrogen and oxygen atoms in total. The summed E-state index contributed by atoms with van der Waals surface area (Å²) in [6.45, 7) is 0.0756. The summed E-state index contributed by atoms with van der Waals surface area (Å²) >= 11 is 0. The van der Waals surface area contributed by atoms with Gasteiger partial charge >= 0.3 is 0 Å². The molecule has 21 heavy (non-hydrogen) atoms. The molecule has 0 aliphatic heterocycles. The van der Waals surface area contributed by atoms with E-state index in [0.717, 1.165) is 10.4 Å². The van der Waals surface area contributed by atoms with Gasteiger partial charge in [0.05, 0.1) is 11.6 Å². The van der Waals surface area contributed by atoms with Crippen molar-refractivity contribution in [2.45, 2.75) is 11.4 Å². The van der Waals surface area contributed by atoms with E-state index in [0.29, 0.717) is 11.1 Å². The summed E-state index contributed by atoms with van der Waals surface area (Å²) in [6, 6.07) is 9.82. The van der Waals surface area contributed by atoms with Gasteiger partial charge in [-0.05, 0) is 17.7 Å². The van der Waals surface area contributed by atoms with E-state index < -0.39 is 15.5 Å². The van der Waals surface area contributed by atoms with Gasteiger partial charge in [-0.1, -0.05) is 12.1 Å². The van der Waals surface area contributed by atoms with Crippen molar-refractivity contribution in [2.24, 2.45) is 0 Å². The van der Waals surface area contributed by atoms with Crippen molar-refractivity contribution in [1.29, 1.82) is 5.26 Å². The Morgan fingerprint density at radius 3 is 2.76 bits per heavy atom. The average Bonchev–Trinajstić information content (AvgIpc) is 2.47. The molecule has 0 unspecified atom stereocenters. The average molecular weight is 303 g/mol. The molecule has 0 aliphatic rings. The molecule has 1 aromatic carbocycles. The molecule has 0 amide bonds. The minimum absolute atomic E-state index is 0.0756. The fourth-order valence-electron chi connectivity index (χ4n) is 1.85. The number of aromatic amines is 1. The second-order valence-electron chi connectivity index (χ2n) is 4.45. The predicted molar refractivity (Wildman–Crippen MR) is 76.9 cm³/mol. The summed E-state index contributed by atoms with van der Waals surface area (Å²) in [5.74, 6) is 0. The van der Waals surface area contributed by atoms with Crippen molar-refractivity contribution < 1.29 is 8.42 Å². The van der Waals surface area contributed by atoms with E-state index in [9.17, 15) is 13.2 Å². The zero-order valence-electron chi connectivity index (χ0n) is 11.3. The van der Waals surface area contributed by atoms with Gasteiger partial charge in [0.2, 0.25) is 15.5 Å². The third kappa shape index (κ3) is 3.18. The van der Waals surface area contributed by atoms with Crippen LogP contribution in [0.4, 0.5) is 0 Å². The van der Waals surface area contributed by atoms with E-state index in [1.54, 1.807) is 24.3 Å². The molecule has 1 heterocycles. The van der Waals surface area contributed by atoms with Crippen LogP contribution in [0.1, 0.15) is 11.1 Å². The molecule has 0 saturated heterocycles. The molecule has 0 fully saturated rings. The number of H-pyrrole nitrogens is 1. The van der Waals surface area contributed by atoms with Gasteiger partial charge in [-0.3, -0.25) is 4.79 Å². The number of hydrogen-bond donors (Lipinski definition) is 1. The molecule has 108 valence electrons. The topological polar surface area (TPSA) is 94.0 Å². The molecule has 0 radical (unpaired) electrons. The first-order valence-electron chi connectivity index (χ1n) is 6.07. The number of pyridine rings is 1. The fraction of sp³-hybridized carbons (Fsp3) is 0.143. The summed E-state index contributed by atoms with van der Waals surface area (Å²) < 4.78 is 25.8. The summed E-state index contributed by atoms with van der Waals surface area (Å²) in [4.78, 5) is 13.9. The molecule has 0 spiro atoms. The maximum absolute atomic E-state index is 12.4. The van der Waals surface area contributed by atoms with Gasteiger partial charge in [0.1, 0.15) is 4.90 Å². The number of sulfonamides is 1. The third-order valence-electron chi connectivity index (χ3n) is 2.94. The Balaban J connectivity index is 2.31. The highest BCUT2D eigenvalue weighted by Crippen LogP contribution is 2.13. The van der Waals surface area contributed by atoms with Crippen LogP contribution < -0.4 is 5.43 Å². The number of nitrogens with zero attached hydrogens (tertiary/aromatic N) is 2. The molecule has 1 aromatic heterocycles. The van der Waals surface area contributed by atoms with Crippen LogP contribution in [-0.2, 0) is 16.6 Å². The zero-order valence-corrected chi connectivity index (χ0v) is 12.1. The van der Waals surface area contributed by atoms with Crippen molar-refractivity contribution in [3.63, 3.8) is 0 Å². The van der Waals surface area contributed by atoms with Gasteiger partial charge < -0.3 is 4.98 Å². The largest absolute Gasteiger partial charge is 0.366 e. The quantitative estimate of drug-likeness (QED) is 0.914. The van der Waals surface area contributed by atoms with Crippen LogP contribution in [0.3, 0.4) is 0 Å². The molecule has 7 heteroatoms. The number of hydrogen-bond acceptors (Lipinski definition) is 4. The third-order valence-corrected chi connectivity index (χ3v) is 4.76. The summed E-state index contributed by atoms with van der Waals surface area (Å²) in [7, 11) is -2.49. The van der Waals surface area contributed by atoms with E-state index in [2.05, 4.69) is 4.98 Å². The summed E-state index contributed by atoms with van der Waals surface area (Å²) in [5, 5.41) is 8.84. The van der Waals surface area contributed by atoms with Crippen molar-refractivity contribution >= 4 is 10.0 Å². The van der Waals surface area contributed by atoms with Crippen molar-refractivity contribution in [2.75, 3.05) is 7.05 Å². The lowest BCUT2D eigenvalue weighted by Crippen LogP contribution is -2.30. The van der Waals surface area contributed by atoms with Crippen molar-refractivity contribution in [3.05, 3.63) is 64.1 Å². The van der Waals surface area contributed by atoms with E-state index >= 15 is 0 Å². The minimum Gasteiger partial charge on any atom is -0.366 e. The first-order chi connectivity index (χ1) is 9.95. The van der Waals surface area contributed by atoms with Crippen molar-refractivity contribution in [1.82, 2.24) is 9.29 Å². The van der Waals surface area contributed by atoms with Crippen LogP contribution in [0, 0.1) is 11.3 Å². The normalized spacial score (nSPS) is 11.3. The Morgan fingerprint density at radius 1 is 1.33 bits per heavy atom. The number of aromatic nitrogens is 1. The molecule has 0 aliphatic carbocycles. The van der Waals surface area contributed by atoms with Crippen molar-refractivity contribution in [3.8, 4) is 6.07 Å². The second kappa shape index (κ2) is 5.91. The Hall–Kier alpha value is -2.43. The smallest absolute Gasteiger partial charge is 0.248 e. The van der Waals surface area contributed by atoms with Gasteiger partial charge in [0.15, 0.2) is 0 Å². The Kier molecular flexibility index (Phi) is 4.21. The molecular weight excluding hydrogens is 290 g/mol. The molecule has 0 saturated carbocycles. The van der Waals surface area contributed by atoms with Gasteiger partial charge in [0.25, 0.3) is 0 Å². The highest BCUT2D eigenvalue weighted by atomic mass is 32.2. The highest BCUT2D eigenvalue weighted by molar-refractivity contribution is 7.89.